The molecule has 0 saturated carbocycles. The summed E-state index contributed by atoms with van der Waals surface area (Å²) in [6.07, 6.45) is 0. The van der Waals surface area contributed by atoms with E-state index in [9.17, 15) is 9.59 Å². The Morgan fingerprint density at radius 3 is 2.19 bits per heavy atom. The topological polar surface area (TPSA) is 85.9 Å². The van der Waals surface area contributed by atoms with Crippen LogP contribution in [-0.2, 0) is 11.3 Å². The lowest BCUT2D eigenvalue weighted by Gasteiger charge is -2.14. The summed E-state index contributed by atoms with van der Waals surface area (Å²) in [6.45, 7) is 2.05. The number of hydrogen-bond acceptors (Lipinski definition) is 6. The normalized spacial score (nSPS) is 10.2. The van der Waals surface area contributed by atoms with Crippen molar-refractivity contribution >= 4 is 23.2 Å². The van der Waals surface area contributed by atoms with Gasteiger partial charge in [-0.15, -0.1) is 11.3 Å². The maximum Gasteiger partial charge on any atom is 0.261 e. The predicted octanol–water partition coefficient (Wildman–Crippen LogP) is 2.13. The molecule has 2 N–H and O–H groups in total. The van der Waals surface area contributed by atoms with Gasteiger partial charge in [-0.3, -0.25) is 9.59 Å². The molecular weight excluding hydrogens is 356 g/mol. The quantitative estimate of drug-likeness (QED) is 0.735. The van der Waals surface area contributed by atoms with Gasteiger partial charge in [0.2, 0.25) is 5.91 Å². The Kier molecular flexibility index (Phi) is 6.85. The number of rotatable bonds is 8. The van der Waals surface area contributed by atoms with Gasteiger partial charge in [-0.25, -0.2) is 0 Å². The van der Waals surface area contributed by atoms with Gasteiger partial charge in [0.1, 0.15) is 5.75 Å². The van der Waals surface area contributed by atoms with Crippen LogP contribution in [0.15, 0.2) is 24.3 Å². The van der Waals surface area contributed by atoms with Crippen molar-refractivity contribution in [2.24, 2.45) is 0 Å². The third kappa shape index (κ3) is 4.89. The summed E-state index contributed by atoms with van der Waals surface area (Å²) in [4.78, 5) is 25.6. The van der Waals surface area contributed by atoms with E-state index in [0.717, 1.165) is 10.4 Å². The molecule has 0 bridgehead atoms. The summed E-state index contributed by atoms with van der Waals surface area (Å²) in [5, 5.41) is 5.35. The van der Waals surface area contributed by atoms with Crippen molar-refractivity contribution in [3.8, 4) is 17.2 Å². The second kappa shape index (κ2) is 9.10. The number of aryl methyl sites for hydroxylation is 1. The van der Waals surface area contributed by atoms with E-state index in [1.54, 1.807) is 18.2 Å². The molecule has 1 aromatic carbocycles. The predicted molar refractivity (Wildman–Crippen MR) is 99.3 cm³/mol. The number of nitrogens with one attached hydrogen (secondary N) is 2. The van der Waals surface area contributed by atoms with Gasteiger partial charge in [-0.1, -0.05) is 0 Å². The van der Waals surface area contributed by atoms with Crippen molar-refractivity contribution < 1.29 is 23.8 Å². The second-order valence-corrected chi connectivity index (χ2v) is 6.68. The average Bonchev–Trinajstić information content (AvgIpc) is 3.09. The molecule has 140 valence electrons. The van der Waals surface area contributed by atoms with Crippen LogP contribution in [-0.4, -0.2) is 39.7 Å². The third-order valence-electron chi connectivity index (χ3n) is 3.64. The summed E-state index contributed by atoms with van der Waals surface area (Å²) >= 11 is 1.38. The molecule has 0 atom stereocenters. The highest BCUT2D eigenvalue weighted by molar-refractivity contribution is 7.13. The highest BCUT2D eigenvalue weighted by Crippen LogP contribution is 2.34. The van der Waals surface area contributed by atoms with Crippen LogP contribution in [0.3, 0.4) is 0 Å². The zero-order valence-corrected chi connectivity index (χ0v) is 16.0. The number of ether oxygens (including phenoxy) is 3. The van der Waals surface area contributed by atoms with E-state index in [0.29, 0.717) is 22.1 Å². The molecule has 7 nitrogen and oxygen atoms in total. The minimum Gasteiger partial charge on any atom is -0.496 e. The van der Waals surface area contributed by atoms with Gasteiger partial charge in [-0.05, 0) is 25.1 Å². The molecule has 0 aliphatic heterocycles. The zero-order chi connectivity index (χ0) is 19.1. The number of benzene rings is 1. The molecule has 0 aliphatic rings. The average molecular weight is 378 g/mol. The fourth-order valence-electron chi connectivity index (χ4n) is 2.29. The molecule has 26 heavy (non-hydrogen) atoms. The number of carbonyl (C=O) groups excluding carboxylic acids is 2. The van der Waals surface area contributed by atoms with Crippen LogP contribution < -0.4 is 24.8 Å². The molecule has 0 spiro atoms. The first kappa shape index (κ1) is 19.6. The van der Waals surface area contributed by atoms with E-state index in [1.165, 1.54) is 32.7 Å². The number of methoxy groups -OCH3 is 3. The van der Waals surface area contributed by atoms with E-state index < -0.39 is 0 Å². The van der Waals surface area contributed by atoms with Gasteiger partial charge in [-0.2, -0.15) is 0 Å². The van der Waals surface area contributed by atoms with E-state index in [4.69, 9.17) is 14.2 Å². The van der Waals surface area contributed by atoms with Crippen molar-refractivity contribution in [1.82, 2.24) is 10.6 Å². The van der Waals surface area contributed by atoms with Crippen LogP contribution in [0.2, 0.25) is 0 Å². The summed E-state index contributed by atoms with van der Waals surface area (Å²) in [5.74, 6) is 1.09. The standard InChI is InChI=1S/C18H22N2O5S/c1-11-5-6-16(26-11)18(22)20-10-17(21)19-9-12-7-14(24-3)15(25-4)8-13(12)23-2/h5-8H,9-10H2,1-4H3,(H,19,21)(H,20,22). The summed E-state index contributed by atoms with van der Waals surface area (Å²) < 4.78 is 15.8. The Bertz CT molecular complexity index is 788. The van der Waals surface area contributed by atoms with Gasteiger partial charge < -0.3 is 24.8 Å². The highest BCUT2D eigenvalue weighted by Gasteiger charge is 2.14. The van der Waals surface area contributed by atoms with Crippen LogP contribution >= 0.6 is 11.3 Å². The molecular formula is C18H22N2O5S. The van der Waals surface area contributed by atoms with Crippen LogP contribution in [0.1, 0.15) is 20.1 Å². The first-order valence-corrected chi connectivity index (χ1v) is 8.70. The smallest absolute Gasteiger partial charge is 0.261 e. The zero-order valence-electron chi connectivity index (χ0n) is 15.2. The minimum absolute atomic E-state index is 0.106. The maximum atomic E-state index is 12.0. The Hall–Kier alpha value is -2.74. The van der Waals surface area contributed by atoms with Crippen LogP contribution in [0.4, 0.5) is 0 Å². The lowest BCUT2D eigenvalue weighted by molar-refractivity contribution is -0.120. The number of carbonyl (C=O) groups is 2. The Morgan fingerprint density at radius 2 is 1.62 bits per heavy atom. The molecule has 8 heteroatoms. The first-order chi connectivity index (χ1) is 12.5. The summed E-state index contributed by atoms with van der Waals surface area (Å²) in [7, 11) is 4.61. The van der Waals surface area contributed by atoms with Crippen molar-refractivity contribution in [3.05, 3.63) is 39.6 Å². The molecule has 1 aromatic heterocycles. The second-order valence-electron chi connectivity index (χ2n) is 5.39. The lowest BCUT2D eigenvalue weighted by atomic mass is 10.1. The minimum atomic E-state index is -0.302. The molecule has 0 fully saturated rings. The Labute approximate surface area is 156 Å². The van der Waals surface area contributed by atoms with Gasteiger partial charge in [0.25, 0.3) is 5.91 Å². The largest absolute Gasteiger partial charge is 0.496 e. The molecule has 1 heterocycles. The molecule has 0 saturated heterocycles. The fraction of sp³-hybridized carbons (Fsp3) is 0.333. The number of amides is 2. The Balaban J connectivity index is 1.93. The van der Waals surface area contributed by atoms with Crippen molar-refractivity contribution in [2.45, 2.75) is 13.5 Å². The molecule has 0 unspecified atom stereocenters. The molecule has 2 aromatic rings. The van der Waals surface area contributed by atoms with E-state index in [2.05, 4.69) is 10.6 Å². The van der Waals surface area contributed by atoms with Crippen LogP contribution in [0.25, 0.3) is 0 Å². The monoisotopic (exact) mass is 378 g/mol. The van der Waals surface area contributed by atoms with Crippen LogP contribution in [0, 0.1) is 6.92 Å². The highest BCUT2D eigenvalue weighted by atomic mass is 32.1. The first-order valence-electron chi connectivity index (χ1n) is 7.88. The number of thiophene rings is 1. The van der Waals surface area contributed by atoms with Gasteiger partial charge in [0.05, 0.1) is 32.8 Å². The van der Waals surface area contributed by atoms with Crippen molar-refractivity contribution in [1.29, 1.82) is 0 Å². The van der Waals surface area contributed by atoms with E-state index >= 15 is 0 Å². The van der Waals surface area contributed by atoms with Gasteiger partial charge in [0.15, 0.2) is 11.5 Å². The maximum absolute atomic E-state index is 12.0. The van der Waals surface area contributed by atoms with Gasteiger partial charge >= 0.3 is 0 Å². The van der Waals surface area contributed by atoms with Gasteiger partial charge in [0, 0.05) is 23.1 Å². The molecule has 0 aliphatic carbocycles. The summed E-state index contributed by atoms with van der Waals surface area (Å²) in [6, 6.07) is 7.04. The summed E-state index contributed by atoms with van der Waals surface area (Å²) in [5.41, 5.74) is 0.735. The van der Waals surface area contributed by atoms with Crippen molar-refractivity contribution in [2.75, 3.05) is 27.9 Å². The Morgan fingerprint density at radius 1 is 0.962 bits per heavy atom. The molecule has 0 radical (unpaired) electrons. The van der Waals surface area contributed by atoms with Crippen molar-refractivity contribution in [3.63, 3.8) is 0 Å². The van der Waals surface area contributed by atoms with E-state index in [-0.39, 0.29) is 24.9 Å². The molecule has 2 amide bonds. The number of hydrogen-bond donors (Lipinski definition) is 2. The SMILES string of the molecule is COc1cc(OC)c(OC)cc1CNC(=O)CNC(=O)c1ccc(C)s1. The third-order valence-corrected chi connectivity index (χ3v) is 4.64. The van der Waals surface area contributed by atoms with Crippen LogP contribution in [0.5, 0.6) is 17.2 Å². The van der Waals surface area contributed by atoms with E-state index in [1.807, 2.05) is 13.0 Å². The lowest BCUT2D eigenvalue weighted by Crippen LogP contribution is -2.36. The fourth-order valence-corrected chi connectivity index (χ4v) is 3.08. The molecule has 2 rings (SSSR count).